The summed E-state index contributed by atoms with van der Waals surface area (Å²) in [5.74, 6) is 0. The van der Waals surface area contributed by atoms with Gasteiger partial charge in [0.15, 0.2) is 4.96 Å². The van der Waals surface area contributed by atoms with Crippen LogP contribution in [0.25, 0.3) is 16.2 Å². The maximum absolute atomic E-state index is 6.19. The Labute approximate surface area is 167 Å². The zero-order chi connectivity index (χ0) is 18.4. The number of hydrogen-bond donors (Lipinski definition) is 0. The van der Waals surface area contributed by atoms with Crippen molar-refractivity contribution in [3.8, 4) is 11.3 Å². The van der Waals surface area contributed by atoms with Crippen molar-refractivity contribution in [3.63, 3.8) is 0 Å². The molecule has 0 N–H and O–H groups in total. The average molecular weight is 404 g/mol. The van der Waals surface area contributed by atoms with Gasteiger partial charge in [-0.05, 0) is 19.1 Å². The van der Waals surface area contributed by atoms with Crippen molar-refractivity contribution in [1.29, 1.82) is 0 Å². The summed E-state index contributed by atoms with van der Waals surface area (Å²) in [6.45, 7) is 6.32. The molecule has 4 heterocycles. The van der Waals surface area contributed by atoms with E-state index in [1.54, 1.807) is 11.3 Å². The van der Waals surface area contributed by atoms with Gasteiger partial charge in [-0.15, -0.1) is 11.3 Å². The van der Waals surface area contributed by atoms with Gasteiger partial charge in [-0.2, -0.15) is 0 Å². The van der Waals surface area contributed by atoms with Gasteiger partial charge < -0.3 is 9.47 Å². The molecule has 2 unspecified atom stereocenters. The molecule has 0 radical (unpaired) electrons. The SMILES string of the molecule is CC1OCCC12CN(Cc1c(-c3ccc(Cl)cc3)nc3sccn13)CCO2. The first-order valence-corrected chi connectivity index (χ1v) is 10.6. The lowest BCUT2D eigenvalue weighted by Gasteiger charge is -2.42. The lowest BCUT2D eigenvalue weighted by Crippen LogP contribution is -2.55. The van der Waals surface area contributed by atoms with Crippen molar-refractivity contribution >= 4 is 27.9 Å². The van der Waals surface area contributed by atoms with Crippen LogP contribution in [0.4, 0.5) is 0 Å². The number of morpholine rings is 1. The average Bonchev–Trinajstić information content (AvgIpc) is 3.34. The number of thiazole rings is 1. The Balaban J connectivity index is 1.48. The number of rotatable bonds is 3. The van der Waals surface area contributed by atoms with Crippen LogP contribution in [0.5, 0.6) is 0 Å². The van der Waals surface area contributed by atoms with Gasteiger partial charge in [-0.1, -0.05) is 23.7 Å². The summed E-state index contributed by atoms with van der Waals surface area (Å²) < 4.78 is 14.2. The third-order valence-corrected chi connectivity index (χ3v) is 6.78. The Morgan fingerprint density at radius 3 is 2.93 bits per heavy atom. The molecular weight excluding hydrogens is 382 g/mol. The number of hydrogen-bond acceptors (Lipinski definition) is 5. The van der Waals surface area contributed by atoms with Crippen molar-refractivity contribution in [2.45, 2.75) is 31.6 Å². The minimum Gasteiger partial charge on any atom is -0.375 e. The van der Waals surface area contributed by atoms with Crippen LogP contribution in [-0.2, 0) is 16.0 Å². The molecule has 2 aromatic heterocycles. The smallest absolute Gasteiger partial charge is 0.194 e. The first-order valence-electron chi connectivity index (χ1n) is 9.33. The molecule has 0 amide bonds. The van der Waals surface area contributed by atoms with E-state index in [-0.39, 0.29) is 11.7 Å². The molecule has 2 saturated heterocycles. The summed E-state index contributed by atoms with van der Waals surface area (Å²) in [4.78, 5) is 8.40. The summed E-state index contributed by atoms with van der Waals surface area (Å²) in [5.41, 5.74) is 3.19. The molecule has 2 aliphatic rings. The third kappa shape index (κ3) is 3.09. The highest BCUT2D eigenvalue weighted by atomic mass is 35.5. The molecule has 1 aromatic carbocycles. The maximum Gasteiger partial charge on any atom is 0.194 e. The molecule has 2 fully saturated rings. The molecule has 3 aromatic rings. The van der Waals surface area contributed by atoms with Gasteiger partial charge in [-0.25, -0.2) is 4.98 Å². The summed E-state index contributed by atoms with van der Waals surface area (Å²) in [5, 5.41) is 2.83. The molecular formula is C20H22ClN3O2S. The topological polar surface area (TPSA) is 39.0 Å². The van der Waals surface area contributed by atoms with Crippen molar-refractivity contribution in [3.05, 3.63) is 46.6 Å². The number of fused-ring (bicyclic) bond motifs is 1. The Bertz CT molecular complexity index is 954. The maximum atomic E-state index is 6.19. The summed E-state index contributed by atoms with van der Waals surface area (Å²) in [6.07, 6.45) is 3.22. The van der Waals surface area contributed by atoms with Gasteiger partial charge in [0.25, 0.3) is 0 Å². The first-order chi connectivity index (χ1) is 13.1. The zero-order valence-corrected chi connectivity index (χ0v) is 16.8. The van der Waals surface area contributed by atoms with Crippen LogP contribution in [0.1, 0.15) is 19.0 Å². The lowest BCUT2D eigenvalue weighted by molar-refractivity contribution is -0.137. The first kappa shape index (κ1) is 17.6. The fourth-order valence-corrected chi connectivity index (χ4v) is 5.07. The number of imidazole rings is 1. The van der Waals surface area contributed by atoms with Crippen LogP contribution in [0.3, 0.4) is 0 Å². The van der Waals surface area contributed by atoms with Crippen LogP contribution < -0.4 is 0 Å². The van der Waals surface area contributed by atoms with Crippen LogP contribution in [0.2, 0.25) is 5.02 Å². The molecule has 0 saturated carbocycles. The Kier molecular flexibility index (Phi) is 4.49. The second kappa shape index (κ2) is 6.87. The molecule has 0 bridgehead atoms. The van der Waals surface area contributed by atoms with E-state index in [1.165, 1.54) is 5.69 Å². The predicted octanol–water partition coefficient (Wildman–Crippen LogP) is 4.10. The lowest BCUT2D eigenvalue weighted by atomic mass is 9.94. The van der Waals surface area contributed by atoms with E-state index >= 15 is 0 Å². The van der Waals surface area contributed by atoms with Crippen LogP contribution in [0, 0.1) is 0 Å². The van der Waals surface area contributed by atoms with Gasteiger partial charge in [0, 0.05) is 54.8 Å². The number of nitrogens with zero attached hydrogens (tertiary/aromatic N) is 3. The van der Waals surface area contributed by atoms with Gasteiger partial charge in [0.1, 0.15) is 5.60 Å². The second-order valence-electron chi connectivity index (χ2n) is 7.36. The normalized spacial score (nSPS) is 26.4. The third-order valence-electron chi connectivity index (χ3n) is 5.77. The minimum atomic E-state index is -0.170. The number of halogens is 1. The Morgan fingerprint density at radius 1 is 1.30 bits per heavy atom. The standard InChI is InChI=1S/C20H22ClN3O2S/c1-14-20(6-9-25-14)13-23(7-10-26-20)12-17-18(15-2-4-16(21)5-3-15)22-19-24(17)8-11-27-19/h2-5,8,11,14H,6-7,9-10,12-13H2,1H3. The van der Waals surface area contributed by atoms with E-state index in [2.05, 4.69) is 27.8 Å². The zero-order valence-electron chi connectivity index (χ0n) is 15.2. The highest BCUT2D eigenvalue weighted by Crippen LogP contribution is 2.35. The molecule has 5 rings (SSSR count). The number of benzene rings is 1. The molecule has 0 aliphatic carbocycles. The fraction of sp³-hybridized carbons (Fsp3) is 0.450. The van der Waals surface area contributed by atoms with Crippen LogP contribution in [-0.4, -0.2) is 52.3 Å². The van der Waals surface area contributed by atoms with E-state index < -0.39 is 0 Å². The highest BCUT2D eigenvalue weighted by Gasteiger charge is 2.46. The highest BCUT2D eigenvalue weighted by molar-refractivity contribution is 7.15. The minimum absolute atomic E-state index is 0.141. The largest absolute Gasteiger partial charge is 0.375 e. The molecule has 5 nitrogen and oxygen atoms in total. The van der Waals surface area contributed by atoms with Crippen LogP contribution in [0.15, 0.2) is 35.8 Å². The van der Waals surface area contributed by atoms with E-state index in [1.807, 2.05) is 24.3 Å². The number of aromatic nitrogens is 2. The van der Waals surface area contributed by atoms with Crippen molar-refractivity contribution in [1.82, 2.24) is 14.3 Å². The summed E-state index contributed by atoms with van der Waals surface area (Å²) in [6, 6.07) is 7.95. The van der Waals surface area contributed by atoms with Crippen molar-refractivity contribution < 1.29 is 9.47 Å². The Hall–Kier alpha value is -1.44. The van der Waals surface area contributed by atoms with Crippen molar-refractivity contribution in [2.75, 3.05) is 26.3 Å². The molecule has 2 aliphatic heterocycles. The molecule has 7 heteroatoms. The predicted molar refractivity (Wildman–Crippen MR) is 108 cm³/mol. The van der Waals surface area contributed by atoms with Gasteiger partial charge in [0.05, 0.1) is 24.1 Å². The molecule has 2 atom stereocenters. The fourth-order valence-electron chi connectivity index (χ4n) is 4.21. The second-order valence-corrected chi connectivity index (χ2v) is 8.67. The van der Waals surface area contributed by atoms with E-state index in [9.17, 15) is 0 Å². The van der Waals surface area contributed by atoms with Crippen LogP contribution >= 0.6 is 22.9 Å². The van der Waals surface area contributed by atoms with E-state index in [0.29, 0.717) is 0 Å². The summed E-state index contributed by atoms with van der Waals surface area (Å²) >= 11 is 7.74. The molecule has 142 valence electrons. The molecule has 27 heavy (non-hydrogen) atoms. The number of ether oxygens (including phenoxy) is 2. The van der Waals surface area contributed by atoms with E-state index in [4.69, 9.17) is 26.1 Å². The van der Waals surface area contributed by atoms with E-state index in [0.717, 1.165) is 60.5 Å². The summed E-state index contributed by atoms with van der Waals surface area (Å²) in [7, 11) is 0. The quantitative estimate of drug-likeness (QED) is 0.660. The monoisotopic (exact) mass is 403 g/mol. The van der Waals surface area contributed by atoms with Gasteiger partial charge in [0.2, 0.25) is 0 Å². The molecule has 1 spiro atoms. The van der Waals surface area contributed by atoms with Crippen molar-refractivity contribution in [2.24, 2.45) is 0 Å². The Morgan fingerprint density at radius 2 is 2.15 bits per heavy atom. The van der Waals surface area contributed by atoms with Gasteiger partial charge in [-0.3, -0.25) is 9.30 Å². The van der Waals surface area contributed by atoms with Gasteiger partial charge >= 0.3 is 0 Å².